The van der Waals surface area contributed by atoms with Crippen LogP contribution in [0.25, 0.3) is 0 Å². The fraction of sp³-hybridized carbons (Fsp3) is 0.769. The summed E-state index contributed by atoms with van der Waals surface area (Å²) in [6.45, 7) is 8.54. The minimum absolute atomic E-state index is 0.0449. The summed E-state index contributed by atoms with van der Waals surface area (Å²) in [7, 11) is 0. The molecule has 0 aliphatic heterocycles. The maximum atomic E-state index is 12.0. The zero-order valence-corrected chi connectivity index (χ0v) is 9.97. The minimum Gasteiger partial charge on any atom is -0.465 e. The normalized spacial score (nSPS) is 26.4. The monoisotopic (exact) mass is 210 g/mol. The number of hydrogen-bond acceptors (Lipinski definition) is 2. The molecule has 0 amide bonds. The van der Waals surface area contributed by atoms with Crippen molar-refractivity contribution in [2.45, 2.75) is 52.4 Å². The van der Waals surface area contributed by atoms with Crippen LogP contribution in [-0.4, -0.2) is 12.6 Å². The quantitative estimate of drug-likeness (QED) is 0.524. The van der Waals surface area contributed by atoms with Crippen LogP contribution in [0, 0.1) is 5.41 Å². The molecule has 0 aromatic heterocycles. The van der Waals surface area contributed by atoms with Crippen LogP contribution in [0.15, 0.2) is 12.2 Å². The molecule has 2 nitrogen and oxygen atoms in total. The van der Waals surface area contributed by atoms with Crippen molar-refractivity contribution in [3.8, 4) is 0 Å². The molecule has 2 heteroatoms. The second-order valence-corrected chi connectivity index (χ2v) is 4.36. The Hall–Kier alpha value is -0.790. The highest BCUT2D eigenvalue weighted by atomic mass is 16.5. The van der Waals surface area contributed by atoms with Crippen LogP contribution >= 0.6 is 0 Å². The van der Waals surface area contributed by atoms with Crippen LogP contribution in [0.5, 0.6) is 0 Å². The molecular formula is C13H22O2. The predicted octanol–water partition coefficient (Wildman–Crippen LogP) is 3.47. The van der Waals surface area contributed by atoms with Gasteiger partial charge in [0.15, 0.2) is 0 Å². The summed E-state index contributed by atoms with van der Waals surface area (Å²) in [5.74, 6) is -0.0449. The van der Waals surface area contributed by atoms with Gasteiger partial charge in [-0.15, -0.1) is 0 Å². The van der Waals surface area contributed by atoms with Crippen LogP contribution < -0.4 is 0 Å². The Balaban J connectivity index is 2.84. The number of carbonyl (C=O) groups excluding carboxylic acids is 1. The van der Waals surface area contributed by atoms with Crippen LogP contribution in [0.3, 0.4) is 0 Å². The molecule has 0 aromatic rings. The summed E-state index contributed by atoms with van der Waals surface area (Å²) in [5.41, 5.74) is 0.734. The predicted molar refractivity (Wildman–Crippen MR) is 61.6 cm³/mol. The highest BCUT2D eigenvalue weighted by molar-refractivity contribution is 5.80. The van der Waals surface area contributed by atoms with E-state index in [2.05, 4.69) is 13.5 Å². The van der Waals surface area contributed by atoms with Gasteiger partial charge >= 0.3 is 5.97 Å². The zero-order valence-electron chi connectivity index (χ0n) is 9.97. The maximum Gasteiger partial charge on any atom is 0.316 e. The van der Waals surface area contributed by atoms with E-state index in [-0.39, 0.29) is 11.4 Å². The van der Waals surface area contributed by atoms with Crippen molar-refractivity contribution in [3.05, 3.63) is 12.2 Å². The molecule has 1 atom stereocenters. The van der Waals surface area contributed by atoms with E-state index in [0.717, 1.165) is 37.7 Å². The van der Waals surface area contributed by atoms with Gasteiger partial charge < -0.3 is 4.74 Å². The number of hydrogen-bond donors (Lipinski definition) is 0. The largest absolute Gasteiger partial charge is 0.465 e. The molecule has 1 aliphatic carbocycles. The van der Waals surface area contributed by atoms with E-state index in [1.807, 2.05) is 6.92 Å². The number of esters is 1. The molecule has 1 saturated carbocycles. The van der Waals surface area contributed by atoms with E-state index in [9.17, 15) is 4.79 Å². The van der Waals surface area contributed by atoms with Crippen molar-refractivity contribution >= 4 is 5.97 Å². The average Bonchev–Trinajstić information content (AvgIpc) is 2.22. The Labute approximate surface area is 92.7 Å². The van der Waals surface area contributed by atoms with Gasteiger partial charge in [0.1, 0.15) is 0 Å². The van der Waals surface area contributed by atoms with Gasteiger partial charge in [0.25, 0.3) is 0 Å². The van der Waals surface area contributed by atoms with Gasteiger partial charge in [-0.2, -0.15) is 0 Å². The van der Waals surface area contributed by atoms with Crippen molar-refractivity contribution in [3.63, 3.8) is 0 Å². The maximum absolute atomic E-state index is 12.0. The summed E-state index contributed by atoms with van der Waals surface area (Å²) in [5, 5.41) is 0. The molecule has 1 fully saturated rings. The topological polar surface area (TPSA) is 26.3 Å². The lowest BCUT2D eigenvalue weighted by atomic mass is 9.68. The third-order valence-electron chi connectivity index (χ3n) is 3.35. The van der Waals surface area contributed by atoms with Crippen molar-refractivity contribution in [2.75, 3.05) is 6.61 Å². The summed E-state index contributed by atoms with van der Waals surface area (Å²) < 4.78 is 5.21. The molecule has 0 N–H and O–H groups in total. The van der Waals surface area contributed by atoms with Gasteiger partial charge in [0.2, 0.25) is 0 Å². The van der Waals surface area contributed by atoms with Crippen LogP contribution in [0.2, 0.25) is 0 Å². The van der Waals surface area contributed by atoms with Gasteiger partial charge in [0, 0.05) is 0 Å². The fourth-order valence-electron chi connectivity index (χ4n) is 2.53. The summed E-state index contributed by atoms with van der Waals surface area (Å²) >= 11 is 0. The smallest absolute Gasteiger partial charge is 0.316 e. The third-order valence-corrected chi connectivity index (χ3v) is 3.35. The Morgan fingerprint density at radius 2 is 2.20 bits per heavy atom. The van der Waals surface area contributed by atoms with Gasteiger partial charge in [-0.3, -0.25) is 4.79 Å². The van der Waals surface area contributed by atoms with Crippen molar-refractivity contribution in [1.29, 1.82) is 0 Å². The molecule has 0 bridgehead atoms. The molecule has 0 radical (unpaired) electrons. The van der Waals surface area contributed by atoms with Crippen LogP contribution in [0.4, 0.5) is 0 Å². The van der Waals surface area contributed by atoms with Gasteiger partial charge in [0.05, 0.1) is 12.0 Å². The van der Waals surface area contributed by atoms with Crippen molar-refractivity contribution in [2.24, 2.45) is 5.41 Å². The van der Waals surface area contributed by atoms with Crippen LogP contribution in [-0.2, 0) is 9.53 Å². The van der Waals surface area contributed by atoms with E-state index in [4.69, 9.17) is 4.74 Å². The second kappa shape index (κ2) is 5.34. The third kappa shape index (κ3) is 2.42. The van der Waals surface area contributed by atoms with Crippen molar-refractivity contribution in [1.82, 2.24) is 0 Å². The SMILES string of the molecule is C=C1CCCCC1(CCC)C(=O)OCC. The molecular weight excluding hydrogens is 188 g/mol. The van der Waals surface area contributed by atoms with Gasteiger partial charge in [-0.05, 0) is 32.6 Å². The first-order chi connectivity index (χ1) is 7.17. The number of ether oxygens (including phenoxy) is 1. The standard InChI is InChI=1S/C13H22O2/c1-4-9-13(12(14)15-5-2)10-7-6-8-11(13)3/h3-10H2,1-2H3. The molecule has 86 valence electrons. The highest BCUT2D eigenvalue weighted by Gasteiger charge is 2.42. The highest BCUT2D eigenvalue weighted by Crippen LogP contribution is 2.44. The molecule has 0 heterocycles. The first-order valence-corrected chi connectivity index (χ1v) is 6.03. The Morgan fingerprint density at radius 1 is 1.47 bits per heavy atom. The lowest BCUT2D eigenvalue weighted by molar-refractivity contribution is -0.154. The van der Waals surface area contributed by atoms with Crippen LogP contribution in [0.1, 0.15) is 52.4 Å². The molecule has 1 unspecified atom stereocenters. The van der Waals surface area contributed by atoms with E-state index < -0.39 is 0 Å². The zero-order chi connectivity index (χ0) is 11.3. The number of carbonyl (C=O) groups is 1. The molecule has 0 aromatic carbocycles. The van der Waals surface area contributed by atoms with Gasteiger partial charge in [-0.1, -0.05) is 31.9 Å². The molecule has 15 heavy (non-hydrogen) atoms. The second-order valence-electron chi connectivity index (χ2n) is 4.36. The van der Waals surface area contributed by atoms with E-state index in [1.165, 1.54) is 6.42 Å². The first-order valence-electron chi connectivity index (χ1n) is 6.03. The Bertz CT molecular complexity index is 241. The average molecular weight is 210 g/mol. The van der Waals surface area contributed by atoms with E-state index in [1.54, 1.807) is 0 Å². The minimum atomic E-state index is -0.358. The molecule has 0 saturated heterocycles. The molecule has 0 spiro atoms. The number of rotatable bonds is 4. The summed E-state index contributed by atoms with van der Waals surface area (Å²) in [4.78, 5) is 12.0. The lowest BCUT2D eigenvalue weighted by Gasteiger charge is -2.36. The first kappa shape index (κ1) is 12.3. The van der Waals surface area contributed by atoms with E-state index in [0.29, 0.717) is 6.61 Å². The molecule has 1 aliphatic rings. The summed E-state index contributed by atoms with van der Waals surface area (Å²) in [6, 6.07) is 0. The Morgan fingerprint density at radius 3 is 2.73 bits per heavy atom. The van der Waals surface area contributed by atoms with Gasteiger partial charge in [-0.25, -0.2) is 0 Å². The van der Waals surface area contributed by atoms with E-state index >= 15 is 0 Å². The molecule has 1 rings (SSSR count). The fourth-order valence-corrected chi connectivity index (χ4v) is 2.53. The summed E-state index contributed by atoms with van der Waals surface area (Å²) in [6.07, 6.45) is 6.11. The Kier molecular flexibility index (Phi) is 4.37. The van der Waals surface area contributed by atoms with Crippen molar-refractivity contribution < 1.29 is 9.53 Å². The lowest BCUT2D eigenvalue weighted by Crippen LogP contribution is -2.36.